The predicted molar refractivity (Wildman–Crippen MR) is 87.5 cm³/mol. The molecule has 1 rings (SSSR count). The maximum Gasteiger partial charge on any atom is 0.331 e. The normalized spacial score (nSPS) is 12.2. The fourth-order valence-corrected chi connectivity index (χ4v) is 1.97. The van der Waals surface area contributed by atoms with E-state index >= 15 is 0 Å². The van der Waals surface area contributed by atoms with Crippen LogP contribution in [-0.4, -0.2) is 34.7 Å². The summed E-state index contributed by atoms with van der Waals surface area (Å²) in [6, 6.07) is 6.28. The number of nitrogens with zero attached hydrogens (tertiary/aromatic N) is 2. The van der Waals surface area contributed by atoms with Gasteiger partial charge in [-0.05, 0) is 24.6 Å². The van der Waals surface area contributed by atoms with Gasteiger partial charge in [0.1, 0.15) is 0 Å². The zero-order chi connectivity index (χ0) is 18.3. The molecular weight excluding hydrogens is 314 g/mol. The highest BCUT2D eigenvalue weighted by Crippen LogP contribution is 2.14. The molecule has 0 aliphatic heterocycles. The molecule has 0 spiro atoms. The van der Waals surface area contributed by atoms with Crippen molar-refractivity contribution in [2.24, 2.45) is 5.16 Å². The van der Waals surface area contributed by atoms with Crippen molar-refractivity contribution < 1.29 is 24.1 Å². The second kappa shape index (κ2) is 8.66. The fraction of sp³-hybridized carbons (Fsp3) is 0.375. The van der Waals surface area contributed by atoms with E-state index < -0.39 is 23.9 Å². The number of rotatable bonds is 5. The Bertz CT molecular complexity index is 640. The number of benzene rings is 1. The van der Waals surface area contributed by atoms with E-state index in [-0.39, 0.29) is 6.42 Å². The Morgan fingerprint density at radius 3 is 2.17 bits per heavy atom. The van der Waals surface area contributed by atoms with Gasteiger partial charge >= 0.3 is 11.9 Å². The highest BCUT2D eigenvalue weighted by Gasteiger charge is 2.23. The monoisotopic (exact) mass is 335 g/mol. The van der Waals surface area contributed by atoms with Crippen molar-refractivity contribution >= 4 is 29.2 Å². The molecule has 8 heteroatoms. The van der Waals surface area contributed by atoms with Crippen LogP contribution in [-0.2, 0) is 24.1 Å². The van der Waals surface area contributed by atoms with E-state index in [2.05, 4.69) is 5.16 Å². The highest BCUT2D eigenvalue weighted by molar-refractivity contribution is 6.01. The van der Waals surface area contributed by atoms with E-state index in [1.807, 2.05) is 0 Å². The molecule has 0 radical (unpaired) electrons. The molecular formula is C16H21N3O5. The number of oxime groups is 1. The quantitative estimate of drug-likeness (QED) is 0.379. The third-order valence-corrected chi connectivity index (χ3v) is 2.95. The van der Waals surface area contributed by atoms with Crippen LogP contribution in [0.2, 0.25) is 0 Å². The van der Waals surface area contributed by atoms with E-state index in [1.165, 1.54) is 20.8 Å². The zero-order valence-corrected chi connectivity index (χ0v) is 14.1. The molecule has 0 saturated heterocycles. The number of anilines is 1. The number of carbonyl (C=O) groups is 3. The molecule has 1 amide bonds. The third-order valence-electron chi connectivity index (χ3n) is 2.95. The van der Waals surface area contributed by atoms with Crippen molar-refractivity contribution in [2.45, 2.75) is 40.2 Å². The molecule has 0 bridgehead atoms. The Morgan fingerprint density at radius 2 is 1.71 bits per heavy atom. The third kappa shape index (κ3) is 6.07. The molecule has 0 heterocycles. The smallest absolute Gasteiger partial charge is 0.331 e. The Kier molecular flexibility index (Phi) is 6.91. The van der Waals surface area contributed by atoms with Gasteiger partial charge in [-0.3, -0.25) is 9.59 Å². The van der Waals surface area contributed by atoms with Crippen LogP contribution in [0.3, 0.4) is 0 Å². The summed E-state index contributed by atoms with van der Waals surface area (Å²) >= 11 is 0. The lowest BCUT2D eigenvalue weighted by molar-refractivity contribution is -0.202. The molecule has 1 aromatic carbocycles. The molecule has 2 N–H and O–H groups in total. The van der Waals surface area contributed by atoms with Crippen molar-refractivity contribution in [3.05, 3.63) is 29.8 Å². The number of hydroxylamine groups is 2. The molecule has 0 aliphatic carbocycles. The van der Waals surface area contributed by atoms with Gasteiger partial charge in [-0.1, -0.05) is 17.3 Å². The first kappa shape index (κ1) is 19.1. The van der Waals surface area contributed by atoms with Gasteiger partial charge in [-0.2, -0.15) is 5.06 Å². The summed E-state index contributed by atoms with van der Waals surface area (Å²) in [5.41, 5.74) is 7.31. The SMILES string of the molecule is CC(=O)O/N=C(\CC(C)N(OC(C)=O)C(C)=O)c1ccc(N)cc1. The molecule has 130 valence electrons. The molecule has 1 unspecified atom stereocenters. The minimum atomic E-state index is -0.608. The summed E-state index contributed by atoms with van der Waals surface area (Å²) in [6.07, 6.45) is 0.198. The van der Waals surface area contributed by atoms with Crippen molar-refractivity contribution in [2.75, 3.05) is 5.73 Å². The van der Waals surface area contributed by atoms with Crippen LogP contribution < -0.4 is 5.73 Å². The van der Waals surface area contributed by atoms with Gasteiger partial charge in [0, 0.05) is 32.9 Å². The fourth-order valence-electron chi connectivity index (χ4n) is 1.97. The van der Waals surface area contributed by atoms with E-state index in [9.17, 15) is 14.4 Å². The van der Waals surface area contributed by atoms with Gasteiger partial charge in [0.15, 0.2) is 0 Å². The summed E-state index contributed by atoms with van der Waals surface area (Å²) in [4.78, 5) is 43.5. The van der Waals surface area contributed by atoms with Crippen LogP contribution in [0.25, 0.3) is 0 Å². The van der Waals surface area contributed by atoms with E-state index in [0.717, 1.165) is 5.06 Å². The Balaban J connectivity index is 3.04. The summed E-state index contributed by atoms with van der Waals surface area (Å²) in [5, 5.41) is 4.79. The van der Waals surface area contributed by atoms with E-state index in [1.54, 1.807) is 31.2 Å². The molecule has 0 saturated carbocycles. The van der Waals surface area contributed by atoms with Crippen LogP contribution in [0.15, 0.2) is 29.4 Å². The van der Waals surface area contributed by atoms with Crippen LogP contribution in [0, 0.1) is 0 Å². The number of nitrogens with two attached hydrogens (primary N) is 1. The van der Waals surface area contributed by atoms with Crippen molar-refractivity contribution in [1.82, 2.24) is 5.06 Å². The van der Waals surface area contributed by atoms with Crippen molar-refractivity contribution in [3.8, 4) is 0 Å². The van der Waals surface area contributed by atoms with Crippen LogP contribution >= 0.6 is 0 Å². The maximum absolute atomic E-state index is 11.7. The van der Waals surface area contributed by atoms with E-state index in [0.29, 0.717) is 17.0 Å². The van der Waals surface area contributed by atoms with Gasteiger partial charge in [0.2, 0.25) is 0 Å². The van der Waals surface area contributed by atoms with Gasteiger partial charge in [-0.15, -0.1) is 0 Å². The lowest BCUT2D eigenvalue weighted by atomic mass is 10.0. The lowest BCUT2D eigenvalue weighted by Gasteiger charge is -2.25. The predicted octanol–water partition coefficient (Wildman–Crippen LogP) is 1.64. The first-order valence-corrected chi connectivity index (χ1v) is 7.29. The average molecular weight is 335 g/mol. The van der Waals surface area contributed by atoms with E-state index in [4.69, 9.17) is 15.4 Å². The van der Waals surface area contributed by atoms with Crippen LogP contribution in [0.1, 0.15) is 39.7 Å². The highest BCUT2D eigenvalue weighted by atomic mass is 16.7. The minimum Gasteiger partial charge on any atom is -0.399 e. The Morgan fingerprint density at radius 1 is 1.12 bits per heavy atom. The number of hydrogen-bond acceptors (Lipinski definition) is 7. The largest absolute Gasteiger partial charge is 0.399 e. The first-order valence-electron chi connectivity index (χ1n) is 7.29. The number of carbonyl (C=O) groups excluding carboxylic acids is 3. The Hall–Kier alpha value is -2.90. The summed E-state index contributed by atoms with van der Waals surface area (Å²) in [7, 11) is 0. The first-order chi connectivity index (χ1) is 11.2. The molecule has 1 aromatic rings. The molecule has 24 heavy (non-hydrogen) atoms. The van der Waals surface area contributed by atoms with Crippen molar-refractivity contribution in [1.29, 1.82) is 0 Å². The molecule has 0 fully saturated rings. The Labute approximate surface area is 140 Å². The standard InChI is InChI=1S/C16H21N3O5/c1-10(19(11(2)20)24-13(4)22)9-16(18-23-12(3)21)14-5-7-15(17)8-6-14/h5-8,10H,9,17H2,1-4H3/b18-16+. The van der Waals surface area contributed by atoms with Gasteiger partial charge < -0.3 is 15.4 Å². The molecule has 1 atom stereocenters. The number of nitrogen functional groups attached to an aromatic ring is 1. The summed E-state index contributed by atoms with van der Waals surface area (Å²) in [5.74, 6) is -1.61. The molecule has 0 aromatic heterocycles. The average Bonchev–Trinajstić information content (AvgIpc) is 2.49. The minimum absolute atomic E-state index is 0.198. The number of hydrogen-bond donors (Lipinski definition) is 1. The number of amides is 1. The van der Waals surface area contributed by atoms with Gasteiger partial charge in [0.05, 0.1) is 11.8 Å². The van der Waals surface area contributed by atoms with Crippen LogP contribution in [0.5, 0.6) is 0 Å². The van der Waals surface area contributed by atoms with Crippen LogP contribution in [0.4, 0.5) is 5.69 Å². The zero-order valence-electron chi connectivity index (χ0n) is 14.1. The maximum atomic E-state index is 11.7. The topological polar surface area (TPSA) is 111 Å². The molecule has 8 nitrogen and oxygen atoms in total. The molecule has 0 aliphatic rings. The second-order valence-electron chi connectivity index (χ2n) is 5.22. The summed E-state index contributed by atoms with van der Waals surface area (Å²) in [6.45, 7) is 5.40. The van der Waals surface area contributed by atoms with Gasteiger partial charge in [-0.25, -0.2) is 4.79 Å². The van der Waals surface area contributed by atoms with Gasteiger partial charge in [0.25, 0.3) is 5.91 Å². The van der Waals surface area contributed by atoms with Crippen molar-refractivity contribution in [3.63, 3.8) is 0 Å². The summed E-state index contributed by atoms with van der Waals surface area (Å²) < 4.78 is 0. The lowest BCUT2D eigenvalue weighted by Crippen LogP contribution is -2.39. The second-order valence-corrected chi connectivity index (χ2v) is 5.22.